The quantitative estimate of drug-likeness (QED) is 0.585. The highest BCUT2D eigenvalue weighted by Gasteiger charge is 2.21. The fourth-order valence-electron chi connectivity index (χ4n) is 1.16. The topological polar surface area (TPSA) is 39.2 Å². The molecule has 0 N–H and O–H groups in total. The van der Waals surface area contributed by atoms with Crippen molar-refractivity contribution in [3.8, 4) is 0 Å². The molecule has 0 aliphatic carbocycles. The minimum atomic E-state index is -2.77. The van der Waals surface area contributed by atoms with Gasteiger partial charge in [-0.3, -0.25) is 0 Å². The van der Waals surface area contributed by atoms with Gasteiger partial charge in [0.05, 0.1) is 18.2 Å². The summed E-state index contributed by atoms with van der Waals surface area (Å²) in [5.74, 6) is -0.710. The molecule has 0 aromatic carbocycles. The summed E-state index contributed by atoms with van der Waals surface area (Å²) in [6.07, 6.45) is -1.65. The highest BCUT2D eigenvalue weighted by atomic mass is 35.5. The number of aromatic nitrogens is 1. The summed E-state index contributed by atoms with van der Waals surface area (Å²) in [6, 6.07) is 0. The van der Waals surface area contributed by atoms with E-state index in [0.29, 0.717) is 0 Å². The maximum absolute atomic E-state index is 12.6. The van der Waals surface area contributed by atoms with E-state index in [1.54, 1.807) is 0 Å². The summed E-state index contributed by atoms with van der Waals surface area (Å²) in [5.41, 5.74) is -0.339. The fourth-order valence-corrected chi connectivity index (χ4v) is 1.43. The van der Waals surface area contributed by atoms with E-state index in [0.717, 1.165) is 6.20 Å². The van der Waals surface area contributed by atoms with Crippen LogP contribution in [-0.2, 0) is 4.74 Å². The SMILES string of the molecule is COC(=O)c1cnc(Cl)c(C(F)F)c1C. The van der Waals surface area contributed by atoms with Crippen molar-refractivity contribution in [2.75, 3.05) is 7.11 Å². The van der Waals surface area contributed by atoms with Crippen LogP contribution >= 0.6 is 11.6 Å². The second-order valence-corrected chi connectivity index (χ2v) is 3.15. The lowest BCUT2D eigenvalue weighted by atomic mass is 10.1. The third kappa shape index (κ3) is 2.23. The van der Waals surface area contributed by atoms with E-state index in [-0.39, 0.29) is 16.3 Å². The summed E-state index contributed by atoms with van der Waals surface area (Å²) in [4.78, 5) is 14.7. The Labute approximate surface area is 90.0 Å². The molecule has 3 nitrogen and oxygen atoms in total. The molecule has 0 unspecified atom stereocenters. The first-order valence-electron chi connectivity index (χ1n) is 4.00. The first-order valence-corrected chi connectivity index (χ1v) is 4.38. The predicted molar refractivity (Wildman–Crippen MR) is 50.3 cm³/mol. The van der Waals surface area contributed by atoms with Crippen molar-refractivity contribution in [2.45, 2.75) is 13.3 Å². The van der Waals surface area contributed by atoms with Crippen LogP contribution in [0.25, 0.3) is 0 Å². The Bertz CT molecular complexity index is 396. The molecular weight excluding hydrogens is 228 g/mol. The van der Waals surface area contributed by atoms with Crippen LogP contribution < -0.4 is 0 Å². The number of rotatable bonds is 2. The molecule has 0 atom stereocenters. The lowest BCUT2D eigenvalue weighted by Crippen LogP contribution is -2.08. The zero-order valence-corrected chi connectivity index (χ0v) is 8.81. The molecule has 0 bridgehead atoms. The third-order valence-corrected chi connectivity index (χ3v) is 2.26. The van der Waals surface area contributed by atoms with Crippen LogP contribution in [0.1, 0.15) is 27.9 Å². The van der Waals surface area contributed by atoms with Gasteiger partial charge >= 0.3 is 5.97 Å². The summed E-state index contributed by atoms with van der Waals surface area (Å²) >= 11 is 5.50. The number of hydrogen-bond donors (Lipinski definition) is 0. The van der Waals surface area contributed by atoms with E-state index < -0.39 is 18.0 Å². The smallest absolute Gasteiger partial charge is 0.339 e. The van der Waals surface area contributed by atoms with Gasteiger partial charge < -0.3 is 4.74 Å². The number of nitrogens with zero attached hydrogens (tertiary/aromatic N) is 1. The largest absolute Gasteiger partial charge is 0.465 e. The van der Waals surface area contributed by atoms with Gasteiger partial charge in [0.15, 0.2) is 0 Å². The van der Waals surface area contributed by atoms with Gasteiger partial charge in [-0.1, -0.05) is 11.6 Å². The molecule has 0 aliphatic heterocycles. The molecule has 0 spiro atoms. The molecule has 1 rings (SSSR count). The molecule has 0 amide bonds. The Morgan fingerprint density at radius 1 is 1.60 bits per heavy atom. The van der Waals surface area contributed by atoms with Crippen molar-refractivity contribution >= 4 is 17.6 Å². The van der Waals surface area contributed by atoms with Crippen LogP contribution in [0.15, 0.2) is 6.20 Å². The molecule has 0 saturated heterocycles. The van der Waals surface area contributed by atoms with Crippen LogP contribution in [0.5, 0.6) is 0 Å². The van der Waals surface area contributed by atoms with E-state index in [9.17, 15) is 13.6 Å². The Hall–Kier alpha value is -1.23. The lowest BCUT2D eigenvalue weighted by molar-refractivity contribution is 0.0599. The van der Waals surface area contributed by atoms with E-state index in [4.69, 9.17) is 11.6 Å². The van der Waals surface area contributed by atoms with Gasteiger partial charge in [0.1, 0.15) is 5.15 Å². The highest BCUT2D eigenvalue weighted by molar-refractivity contribution is 6.30. The number of carbonyl (C=O) groups excluding carboxylic acids is 1. The fraction of sp³-hybridized carbons (Fsp3) is 0.333. The maximum Gasteiger partial charge on any atom is 0.339 e. The summed E-state index contributed by atoms with van der Waals surface area (Å²) < 4.78 is 29.5. The van der Waals surface area contributed by atoms with Crippen molar-refractivity contribution < 1.29 is 18.3 Å². The van der Waals surface area contributed by atoms with Crippen molar-refractivity contribution in [3.63, 3.8) is 0 Å². The standard InChI is InChI=1S/C9H8ClF2NO2/c1-4-5(9(14)15-2)3-13-7(10)6(4)8(11)12/h3,8H,1-2H3. The molecule has 15 heavy (non-hydrogen) atoms. The normalized spacial score (nSPS) is 10.5. The molecule has 1 aromatic rings. The van der Waals surface area contributed by atoms with Gasteiger partial charge in [-0.15, -0.1) is 0 Å². The second kappa shape index (κ2) is 4.53. The molecular formula is C9H8ClF2NO2. The molecule has 0 aliphatic rings. The van der Waals surface area contributed by atoms with Gasteiger partial charge in [0.25, 0.3) is 6.43 Å². The minimum absolute atomic E-state index is 0.00259. The number of carbonyl (C=O) groups is 1. The highest BCUT2D eigenvalue weighted by Crippen LogP contribution is 2.30. The van der Waals surface area contributed by atoms with Gasteiger partial charge in [-0.05, 0) is 12.5 Å². The predicted octanol–water partition coefficient (Wildman–Crippen LogP) is 2.77. The van der Waals surface area contributed by atoms with E-state index in [2.05, 4.69) is 9.72 Å². The second-order valence-electron chi connectivity index (χ2n) is 2.79. The van der Waals surface area contributed by atoms with E-state index >= 15 is 0 Å². The average Bonchev–Trinajstić information content (AvgIpc) is 2.16. The summed E-state index contributed by atoms with van der Waals surface area (Å²) in [6.45, 7) is 1.38. The van der Waals surface area contributed by atoms with Crippen LogP contribution in [-0.4, -0.2) is 18.1 Å². The Balaban J connectivity index is 3.35. The molecule has 82 valence electrons. The van der Waals surface area contributed by atoms with Gasteiger partial charge in [-0.25, -0.2) is 18.6 Å². The number of hydrogen-bond acceptors (Lipinski definition) is 3. The van der Waals surface area contributed by atoms with Crippen molar-refractivity contribution in [2.24, 2.45) is 0 Å². The average molecular weight is 236 g/mol. The van der Waals surface area contributed by atoms with Crippen molar-refractivity contribution in [1.82, 2.24) is 4.98 Å². The summed E-state index contributed by atoms with van der Waals surface area (Å²) in [7, 11) is 1.17. The van der Waals surface area contributed by atoms with Crippen LogP contribution in [0, 0.1) is 6.92 Å². The molecule has 6 heteroatoms. The number of ether oxygens (including phenoxy) is 1. The molecule has 0 fully saturated rings. The number of halogens is 3. The van der Waals surface area contributed by atoms with Crippen LogP contribution in [0.4, 0.5) is 8.78 Å². The number of pyridine rings is 1. The van der Waals surface area contributed by atoms with Crippen molar-refractivity contribution in [1.29, 1.82) is 0 Å². The lowest BCUT2D eigenvalue weighted by Gasteiger charge is -2.09. The number of esters is 1. The summed E-state index contributed by atoms with van der Waals surface area (Å²) in [5, 5.41) is -0.296. The zero-order chi connectivity index (χ0) is 11.6. The van der Waals surface area contributed by atoms with Gasteiger partial charge in [0, 0.05) is 6.20 Å². The Morgan fingerprint density at radius 2 is 2.20 bits per heavy atom. The third-order valence-electron chi connectivity index (χ3n) is 1.96. The molecule has 1 heterocycles. The van der Waals surface area contributed by atoms with E-state index in [1.807, 2.05) is 0 Å². The van der Waals surface area contributed by atoms with Gasteiger partial charge in [-0.2, -0.15) is 0 Å². The Kier molecular flexibility index (Phi) is 3.57. The first kappa shape index (κ1) is 11.8. The van der Waals surface area contributed by atoms with Gasteiger partial charge in [0.2, 0.25) is 0 Å². The van der Waals surface area contributed by atoms with E-state index in [1.165, 1.54) is 14.0 Å². The van der Waals surface area contributed by atoms with Crippen molar-refractivity contribution in [3.05, 3.63) is 28.0 Å². The van der Waals surface area contributed by atoms with Crippen LogP contribution in [0.2, 0.25) is 5.15 Å². The maximum atomic E-state index is 12.6. The number of methoxy groups -OCH3 is 1. The monoisotopic (exact) mass is 235 g/mol. The molecule has 1 aromatic heterocycles. The molecule has 0 radical (unpaired) electrons. The zero-order valence-electron chi connectivity index (χ0n) is 8.05. The minimum Gasteiger partial charge on any atom is -0.465 e. The first-order chi connectivity index (χ1) is 6.99. The number of alkyl halides is 2. The Morgan fingerprint density at radius 3 is 2.67 bits per heavy atom. The van der Waals surface area contributed by atoms with Crippen LogP contribution in [0.3, 0.4) is 0 Å². The molecule has 0 saturated carbocycles.